The first-order valence-corrected chi connectivity index (χ1v) is 9.62. The fraction of sp³-hybridized carbons (Fsp3) is 0.667. The number of Topliss-reactive ketones (excluding diaryl/α,β-unsaturated/α-hetero) is 1. The van der Waals surface area contributed by atoms with Gasteiger partial charge in [0.1, 0.15) is 5.78 Å². The van der Waals surface area contributed by atoms with Crippen molar-refractivity contribution in [3.8, 4) is 0 Å². The van der Waals surface area contributed by atoms with E-state index in [2.05, 4.69) is 33.4 Å². The molecule has 24 heavy (non-hydrogen) atoms. The summed E-state index contributed by atoms with van der Waals surface area (Å²) in [5.74, 6) is 2.16. The molecule has 4 aliphatic rings. The van der Waals surface area contributed by atoms with Gasteiger partial charge in [-0.3, -0.25) is 9.59 Å². The Kier molecular flexibility index (Phi) is 3.39. The Morgan fingerprint density at radius 3 is 2.62 bits per heavy atom. The van der Waals surface area contributed by atoms with Crippen LogP contribution in [0.25, 0.3) is 0 Å². The molecule has 2 nitrogen and oxygen atoms in total. The van der Waals surface area contributed by atoms with Gasteiger partial charge < -0.3 is 0 Å². The van der Waals surface area contributed by atoms with Gasteiger partial charge in [0.05, 0.1) is 4.86 Å². The van der Waals surface area contributed by atoms with Crippen molar-refractivity contribution >= 4 is 28.6 Å². The summed E-state index contributed by atoms with van der Waals surface area (Å²) in [7, 11) is 0. The van der Waals surface area contributed by atoms with Crippen LogP contribution in [0.3, 0.4) is 0 Å². The van der Waals surface area contributed by atoms with Crippen LogP contribution in [0.1, 0.15) is 46.5 Å². The topological polar surface area (TPSA) is 34.1 Å². The molecule has 0 bridgehead atoms. The average molecular weight is 343 g/mol. The summed E-state index contributed by atoms with van der Waals surface area (Å²) in [6.07, 6.45) is 7.58. The number of fused-ring (bicyclic) bond motifs is 5. The highest BCUT2D eigenvalue weighted by atomic mass is 32.1. The zero-order valence-corrected chi connectivity index (χ0v) is 15.6. The van der Waals surface area contributed by atoms with E-state index in [0.29, 0.717) is 34.3 Å². The lowest BCUT2D eigenvalue weighted by atomic mass is 9.43. The largest absolute Gasteiger partial charge is 0.299 e. The Morgan fingerprint density at radius 2 is 1.92 bits per heavy atom. The monoisotopic (exact) mass is 342 g/mol. The molecular weight excluding hydrogens is 316 g/mol. The molecule has 0 heterocycles. The van der Waals surface area contributed by atoms with Crippen LogP contribution in [0, 0.1) is 40.4 Å². The number of ketones is 2. The maximum absolute atomic E-state index is 12.5. The second-order valence-electron chi connectivity index (χ2n) is 8.93. The Morgan fingerprint density at radius 1 is 1.21 bits per heavy atom. The first-order valence-electron chi connectivity index (χ1n) is 9.21. The molecule has 3 saturated carbocycles. The second kappa shape index (κ2) is 4.97. The Hall–Kier alpha value is -1.09. The first kappa shape index (κ1) is 16.4. The third-order valence-electron chi connectivity index (χ3n) is 8.09. The molecule has 4 aliphatic carbocycles. The Bertz CT molecular complexity index is 705. The van der Waals surface area contributed by atoms with Crippen LogP contribution in [-0.4, -0.2) is 16.4 Å². The number of carbonyl (C=O) groups is 2. The molecule has 0 spiro atoms. The summed E-state index contributed by atoms with van der Waals surface area (Å²) in [6, 6.07) is 0. The van der Waals surface area contributed by atoms with Crippen LogP contribution in [0.15, 0.2) is 24.3 Å². The van der Waals surface area contributed by atoms with Gasteiger partial charge in [-0.05, 0) is 49.0 Å². The summed E-state index contributed by atoms with van der Waals surface area (Å²) in [5, 5.41) is 0. The van der Waals surface area contributed by atoms with Gasteiger partial charge in [0.25, 0.3) is 0 Å². The van der Waals surface area contributed by atoms with Crippen molar-refractivity contribution in [3.63, 3.8) is 0 Å². The highest BCUT2D eigenvalue weighted by Crippen LogP contribution is 2.66. The number of rotatable bonds is 0. The lowest BCUT2D eigenvalue weighted by Crippen LogP contribution is -2.57. The SMILES string of the molecule is C=C1C2C(=S)C(=O)C=C[C@]2(C)[C@H]2CC[C@]3(C)C(=O)CC[C@H]3[C@@H]2[C@@H]1C. The second-order valence-corrected chi connectivity index (χ2v) is 9.37. The van der Waals surface area contributed by atoms with E-state index < -0.39 is 0 Å². The smallest absolute Gasteiger partial charge is 0.192 e. The fourth-order valence-electron chi connectivity index (χ4n) is 6.66. The third kappa shape index (κ3) is 1.80. The summed E-state index contributed by atoms with van der Waals surface area (Å²) in [5.41, 5.74) is 0.852. The average Bonchev–Trinajstić information content (AvgIpc) is 2.84. The summed E-state index contributed by atoms with van der Waals surface area (Å²) < 4.78 is 0. The molecule has 0 aromatic rings. The zero-order valence-electron chi connectivity index (χ0n) is 14.8. The zero-order chi connectivity index (χ0) is 17.4. The predicted octanol–water partition coefficient (Wildman–Crippen LogP) is 4.34. The summed E-state index contributed by atoms with van der Waals surface area (Å²) >= 11 is 5.54. The van der Waals surface area contributed by atoms with Gasteiger partial charge in [-0.2, -0.15) is 0 Å². The minimum atomic E-state index is -0.145. The van der Waals surface area contributed by atoms with Crippen molar-refractivity contribution < 1.29 is 9.59 Å². The number of allylic oxidation sites excluding steroid dienone is 3. The molecule has 128 valence electrons. The van der Waals surface area contributed by atoms with Crippen molar-refractivity contribution in [3.05, 3.63) is 24.3 Å². The molecule has 0 aromatic heterocycles. The van der Waals surface area contributed by atoms with Crippen molar-refractivity contribution in [2.24, 2.45) is 40.4 Å². The molecule has 0 N–H and O–H groups in total. The third-order valence-corrected chi connectivity index (χ3v) is 8.53. The van der Waals surface area contributed by atoms with E-state index in [4.69, 9.17) is 12.2 Å². The first-order chi connectivity index (χ1) is 11.2. The van der Waals surface area contributed by atoms with Gasteiger partial charge in [-0.15, -0.1) is 0 Å². The van der Waals surface area contributed by atoms with E-state index in [9.17, 15) is 9.59 Å². The van der Waals surface area contributed by atoms with Gasteiger partial charge in [-0.25, -0.2) is 0 Å². The molecule has 0 aromatic carbocycles. The Labute approximate surface area is 149 Å². The van der Waals surface area contributed by atoms with Gasteiger partial charge in [-0.1, -0.05) is 51.2 Å². The van der Waals surface area contributed by atoms with E-state index in [1.165, 1.54) is 0 Å². The van der Waals surface area contributed by atoms with E-state index in [1.54, 1.807) is 6.08 Å². The molecular formula is C21H26O2S. The minimum Gasteiger partial charge on any atom is -0.299 e. The number of thiocarbonyl (C=S) groups is 1. The quantitative estimate of drug-likeness (QED) is 0.485. The highest BCUT2D eigenvalue weighted by Gasteiger charge is 2.63. The van der Waals surface area contributed by atoms with Crippen LogP contribution in [0.5, 0.6) is 0 Å². The molecule has 0 radical (unpaired) electrons. The molecule has 3 fully saturated rings. The molecule has 7 atom stereocenters. The van der Waals surface area contributed by atoms with Crippen LogP contribution < -0.4 is 0 Å². The van der Waals surface area contributed by atoms with Crippen LogP contribution in [-0.2, 0) is 9.59 Å². The predicted molar refractivity (Wildman–Crippen MR) is 98.7 cm³/mol. The highest BCUT2D eigenvalue weighted by molar-refractivity contribution is 7.82. The van der Waals surface area contributed by atoms with Crippen molar-refractivity contribution in [2.75, 3.05) is 0 Å². The number of hydrogen-bond acceptors (Lipinski definition) is 3. The maximum Gasteiger partial charge on any atom is 0.192 e. The molecule has 1 unspecified atom stereocenters. The van der Waals surface area contributed by atoms with E-state index in [1.807, 2.05) is 0 Å². The molecule has 0 aliphatic heterocycles. The fourth-order valence-corrected chi connectivity index (χ4v) is 7.14. The van der Waals surface area contributed by atoms with Crippen molar-refractivity contribution in [1.29, 1.82) is 0 Å². The lowest BCUT2D eigenvalue weighted by molar-refractivity contribution is -0.133. The summed E-state index contributed by atoms with van der Waals surface area (Å²) in [6.45, 7) is 11.1. The van der Waals surface area contributed by atoms with Crippen LogP contribution in [0.2, 0.25) is 0 Å². The maximum atomic E-state index is 12.5. The van der Waals surface area contributed by atoms with Crippen LogP contribution >= 0.6 is 12.2 Å². The minimum absolute atomic E-state index is 0.0114. The molecule has 4 rings (SSSR count). The lowest BCUT2D eigenvalue weighted by Gasteiger charge is -2.60. The normalized spacial score (nSPS) is 50.5. The van der Waals surface area contributed by atoms with Gasteiger partial charge >= 0.3 is 0 Å². The number of carbonyl (C=O) groups excluding carboxylic acids is 2. The Balaban J connectivity index is 1.83. The van der Waals surface area contributed by atoms with Crippen molar-refractivity contribution in [1.82, 2.24) is 0 Å². The van der Waals surface area contributed by atoms with E-state index >= 15 is 0 Å². The molecule has 3 heteroatoms. The van der Waals surface area contributed by atoms with Gasteiger partial charge in [0, 0.05) is 23.2 Å². The van der Waals surface area contributed by atoms with Crippen LogP contribution in [0.4, 0.5) is 0 Å². The van der Waals surface area contributed by atoms with E-state index in [-0.39, 0.29) is 22.5 Å². The van der Waals surface area contributed by atoms with Crippen molar-refractivity contribution in [2.45, 2.75) is 46.5 Å². The standard InChI is InChI=1S/C21H26O2S/c1-11-12(2)18-19(24)15(22)8-10-21(18,4)14-7-9-20(3)13(17(11)14)5-6-16(20)23/h8,10-11,13-14,17-18H,2,5-7,9H2,1,3-4H3/t11-,13+,14+,17+,18?,20+,21-/m1/s1. The molecule has 0 amide bonds. The van der Waals surface area contributed by atoms with Gasteiger partial charge in [0.15, 0.2) is 5.78 Å². The molecule has 0 saturated heterocycles. The van der Waals surface area contributed by atoms with E-state index in [0.717, 1.165) is 31.3 Å². The van der Waals surface area contributed by atoms with Gasteiger partial charge in [0.2, 0.25) is 0 Å². The summed E-state index contributed by atoms with van der Waals surface area (Å²) in [4.78, 5) is 25.3. The number of hydrogen-bond donors (Lipinski definition) is 0.